The Morgan fingerprint density at radius 2 is 2.00 bits per heavy atom. The average molecular weight is 239 g/mol. The van der Waals surface area contributed by atoms with Crippen molar-refractivity contribution in [3.05, 3.63) is 0 Å². The molecule has 1 saturated carbocycles. The summed E-state index contributed by atoms with van der Waals surface area (Å²) in [5.41, 5.74) is 5.03. The Balaban J connectivity index is 2.50. The highest BCUT2D eigenvalue weighted by molar-refractivity contribution is 5.83. The fraction of sp³-hybridized carbons (Fsp3) is 0.889. The number of nitrogens with two attached hydrogens (primary N) is 1. The highest BCUT2D eigenvalue weighted by Crippen LogP contribution is 2.26. The van der Waals surface area contributed by atoms with Gasteiger partial charge in [0.15, 0.2) is 5.84 Å². The van der Waals surface area contributed by atoms with E-state index in [1.807, 2.05) is 0 Å². The van der Waals surface area contributed by atoms with Gasteiger partial charge < -0.3 is 16.3 Å². The summed E-state index contributed by atoms with van der Waals surface area (Å²) in [7, 11) is 0. The van der Waals surface area contributed by atoms with Gasteiger partial charge in [-0.15, -0.1) is 0 Å². The minimum atomic E-state index is -4.48. The lowest BCUT2D eigenvalue weighted by atomic mass is 10.1. The Morgan fingerprint density at radius 1 is 1.44 bits per heavy atom. The number of halogens is 3. The van der Waals surface area contributed by atoms with Gasteiger partial charge in [-0.25, -0.2) is 0 Å². The third-order valence-electron chi connectivity index (χ3n) is 2.83. The van der Waals surface area contributed by atoms with E-state index in [4.69, 9.17) is 10.9 Å². The van der Waals surface area contributed by atoms with E-state index in [0.717, 1.165) is 25.7 Å². The quantitative estimate of drug-likeness (QED) is 0.301. The fourth-order valence-electron chi connectivity index (χ4n) is 1.87. The second-order valence-electron chi connectivity index (χ2n) is 4.01. The highest BCUT2D eigenvalue weighted by Gasteiger charge is 2.42. The number of hydrogen-bond donors (Lipinski definition) is 3. The molecule has 0 aromatic heterocycles. The first-order chi connectivity index (χ1) is 7.45. The number of nitrogens with one attached hydrogen (secondary N) is 1. The van der Waals surface area contributed by atoms with E-state index in [2.05, 4.69) is 10.5 Å². The Labute approximate surface area is 91.7 Å². The maximum Gasteiger partial charge on any atom is 0.400 e. The number of oxime groups is 1. The van der Waals surface area contributed by atoms with E-state index in [1.165, 1.54) is 0 Å². The van der Waals surface area contributed by atoms with Crippen LogP contribution < -0.4 is 11.1 Å². The smallest absolute Gasteiger partial charge is 0.400 e. The topological polar surface area (TPSA) is 70.6 Å². The summed E-state index contributed by atoms with van der Waals surface area (Å²) < 4.78 is 37.6. The lowest BCUT2D eigenvalue weighted by Gasteiger charge is -2.21. The third kappa shape index (κ3) is 3.55. The molecule has 1 atom stereocenters. The zero-order chi connectivity index (χ0) is 12.2. The van der Waals surface area contributed by atoms with Crippen molar-refractivity contribution in [2.24, 2.45) is 16.8 Å². The lowest BCUT2D eigenvalue weighted by Crippen LogP contribution is -2.44. The van der Waals surface area contributed by atoms with E-state index in [1.54, 1.807) is 0 Å². The van der Waals surface area contributed by atoms with Crippen molar-refractivity contribution in [1.82, 2.24) is 5.32 Å². The number of amidine groups is 1. The van der Waals surface area contributed by atoms with Gasteiger partial charge in [-0.2, -0.15) is 13.2 Å². The molecule has 1 aliphatic carbocycles. The molecule has 1 unspecified atom stereocenters. The Hall–Kier alpha value is -0.980. The monoisotopic (exact) mass is 239 g/mol. The predicted molar refractivity (Wildman–Crippen MR) is 53.2 cm³/mol. The van der Waals surface area contributed by atoms with Crippen LogP contribution >= 0.6 is 0 Å². The summed E-state index contributed by atoms with van der Waals surface area (Å²) in [5.74, 6) is -2.71. The zero-order valence-corrected chi connectivity index (χ0v) is 8.80. The molecule has 7 heteroatoms. The standard InChI is InChI=1S/C9H16F3N3O/c10-9(11,12)7(8(13)15-16)5-14-6-3-1-2-4-6/h6-7,14,16H,1-5H2,(H2,13,15). The molecule has 16 heavy (non-hydrogen) atoms. The molecular formula is C9H16F3N3O. The molecule has 0 saturated heterocycles. The van der Waals surface area contributed by atoms with Crippen LogP contribution in [0.4, 0.5) is 13.2 Å². The molecule has 1 rings (SSSR count). The van der Waals surface area contributed by atoms with Crippen LogP contribution in [0.15, 0.2) is 5.16 Å². The summed E-state index contributed by atoms with van der Waals surface area (Å²) in [4.78, 5) is 0. The van der Waals surface area contributed by atoms with Crippen LogP contribution in [-0.2, 0) is 0 Å². The Morgan fingerprint density at radius 3 is 2.44 bits per heavy atom. The first-order valence-electron chi connectivity index (χ1n) is 5.22. The average Bonchev–Trinajstić information content (AvgIpc) is 2.68. The molecule has 0 radical (unpaired) electrons. The van der Waals surface area contributed by atoms with Gasteiger partial charge in [-0.05, 0) is 12.8 Å². The molecule has 0 aromatic rings. The van der Waals surface area contributed by atoms with E-state index in [0.29, 0.717) is 0 Å². The van der Waals surface area contributed by atoms with Gasteiger partial charge in [0.2, 0.25) is 0 Å². The minimum Gasteiger partial charge on any atom is -0.409 e. The van der Waals surface area contributed by atoms with Crippen molar-refractivity contribution >= 4 is 5.84 Å². The Kier molecular flexibility index (Phi) is 4.40. The second-order valence-corrected chi connectivity index (χ2v) is 4.01. The van der Waals surface area contributed by atoms with Crippen molar-refractivity contribution in [3.63, 3.8) is 0 Å². The summed E-state index contributed by atoms with van der Waals surface area (Å²) in [5, 5.41) is 13.5. The summed E-state index contributed by atoms with van der Waals surface area (Å²) in [6, 6.07) is 0.122. The number of rotatable bonds is 4. The van der Waals surface area contributed by atoms with Crippen LogP contribution in [0, 0.1) is 5.92 Å². The molecule has 0 bridgehead atoms. The Bertz CT molecular complexity index is 249. The van der Waals surface area contributed by atoms with Crippen LogP contribution in [-0.4, -0.2) is 29.8 Å². The molecule has 4 N–H and O–H groups in total. The van der Waals surface area contributed by atoms with E-state index in [9.17, 15) is 13.2 Å². The summed E-state index contributed by atoms with van der Waals surface area (Å²) >= 11 is 0. The number of alkyl halides is 3. The maximum absolute atomic E-state index is 12.5. The molecule has 0 heterocycles. The van der Waals surface area contributed by atoms with Crippen LogP contribution in [0.3, 0.4) is 0 Å². The van der Waals surface area contributed by atoms with Crippen LogP contribution in [0.1, 0.15) is 25.7 Å². The van der Waals surface area contributed by atoms with Crippen molar-refractivity contribution in [3.8, 4) is 0 Å². The van der Waals surface area contributed by atoms with Gasteiger partial charge >= 0.3 is 6.18 Å². The summed E-state index contributed by atoms with van der Waals surface area (Å²) in [6.07, 6.45) is -0.626. The minimum absolute atomic E-state index is 0.122. The first-order valence-corrected chi connectivity index (χ1v) is 5.22. The molecule has 0 amide bonds. The lowest BCUT2D eigenvalue weighted by molar-refractivity contribution is -0.155. The SMILES string of the molecule is NC(=NO)C(CNC1CCCC1)C(F)(F)F. The van der Waals surface area contributed by atoms with Gasteiger partial charge in [0.1, 0.15) is 5.92 Å². The largest absolute Gasteiger partial charge is 0.409 e. The third-order valence-corrected chi connectivity index (χ3v) is 2.83. The molecule has 1 fully saturated rings. The van der Waals surface area contributed by atoms with Crippen LogP contribution in [0.2, 0.25) is 0 Å². The van der Waals surface area contributed by atoms with Gasteiger partial charge in [0.05, 0.1) is 0 Å². The normalized spacial score (nSPS) is 21.3. The molecule has 4 nitrogen and oxygen atoms in total. The molecular weight excluding hydrogens is 223 g/mol. The highest BCUT2D eigenvalue weighted by atomic mass is 19.4. The van der Waals surface area contributed by atoms with Gasteiger partial charge in [-0.3, -0.25) is 0 Å². The van der Waals surface area contributed by atoms with Crippen molar-refractivity contribution in [1.29, 1.82) is 0 Å². The molecule has 94 valence electrons. The molecule has 0 aromatic carbocycles. The first kappa shape index (κ1) is 13.1. The molecule has 0 spiro atoms. The number of hydrogen-bond acceptors (Lipinski definition) is 3. The fourth-order valence-corrected chi connectivity index (χ4v) is 1.87. The van der Waals surface area contributed by atoms with Gasteiger partial charge in [0, 0.05) is 12.6 Å². The summed E-state index contributed by atoms with van der Waals surface area (Å²) in [6.45, 7) is -0.329. The zero-order valence-electron chi connectivity index (χ0n) is 8.80. The van der Waals surface area contributed by atoms with Crippen molar-refractivity contribution in [2.75, 3.05) is 6.54 Å². The van der Waals surface area contributed by atoms with E-state index < -0.39 is 17.9 Å². The van der Waals surface area contributed by atoms with Crippen molar-refractivity contribution in [2.45, 2.75) is 37.9 Å². The van der Waals surface area contributed by atoms with Gasteiger partial charge in [0.25, 0.3) is 0 Å². The predicted octanol–water partition coefficient (Wildman–Crippen LogP) is 1.44. The van der Waals surface area contributed by atoms with Crippen LogP contribution in [0.25, 0.3) is 0 Å². The second kappa shape index (κ2) is 5.38. The van der Waals surface area contributed by atoms with E-state index in [-0.39, 0.29) is 12.6 Å². The van der Waals surface area contributed by atoms with Crippen LogP contribution in [0.5, 0.6) is 0 Å². The molecule has 1 aliphatic rings. The molecule has 0 aliphatic heterocycles. The number of nitrogens with zero attached hydrogens (tertiary/aromatic N) is 1. The van der Waals surface area contributed by atoms with Crippen molar-refractivity contribution < 1.29 is 18.4 Å². The maximum atomic E-state index is 12.5. The van der Waals surface area contributed by atoms with Gasteiger partial charge in [-0.1, -0.05) is 18.0 Å². The van der Waals surface area contributed by atoms with E-state index >= 15 is 0 Å².